The third-order valence-electron chi connectivity index (χ3n) is 5.23. The second-order valence-corrected chi connectivity index (χ2v) is 7.10. The van der Waals surface area contributed by atoms with Gasteiger partial charge in [-0.1, -0.05) is 12.1 Å². The summed E-state index contributed by atoms with van der Waals surface area (Å²) in [5.74, 6) is -1.53. The Hall–Kier alpha value is -4.08. The second kappa shape index (κ2) is 7.98. The Morgan fingerprint density at radius 2 is 1.55 bits per heavy atom. The number of piperazine rings is 1. The van der Waals surface area contributed by atoms with Gasteiger partial charge in [-0.15, -0.1) is 0 Å². The molecule has 2 amide bonds. The van der Waals surface area contributed by atoms with E-state index in [4.69, 9.17) is 0 Å². The molecule has 4 rings (SSSR count). The van der Waals surface area contributed by atoms with Gasteiger partial charge in [-0.3, -0.25) is 24.5 Å². The van der Waals surface area contributed by atoms with Crippen molar-refractivity contribution in [3.63, 3.8) is 0 Å². The van der Waals surface area contributed by atoms with Gasteiger partial charge in [0.1, 0.15) is 5.82 Å². The van der Waals surface area contributed by atoms with Crippen LogP contribution in [-0.2, 0) is 0 Å². The summed E-state index contributed by atoms with van der Waals surface area (Å²) in [7, 11) is 0. The molecule has 1 fully saturated rings. The number of aromatic nitrogens is 1. The number of halogens is 1. The van der Waals surface area contributed by atoms with Crippen LogP contribution in [0.3, 0.4) is 0 Å². The number of nitrogens with zero attached hydrogens (tertiary/aromatic N) is 3. The third kappa shape index (κ3) is 3.87. The molecular formula is C21H17FN4O5. The van der Waals surface area contributed by atoms with Gasteiger partial charge in [-0.25, -0.2) is 4.39 Å². The summed E-state index contributed by atoms with van der Waals surface area (Å²) < 4.78 is 13.9. The van der Waals surface area contributed by atoms with Crippen molar-refractivity contribution in [3.8, 4) is 0 Å². The molecule has 0 saturated carbocycles. The van der Waals surface area contributed by atoms with Crippen LogP contribution in [0.1, 0.15) is 20.7 Å². The molecule has 9 nitrogen and oxygen atoms in total. The standard InChI is InChI=1S/C21H17FN4O5/c22-17-4-2-1-3-14(17)20(28)24-7-9-25(10-8-24)21(29)16-12-19(27)23-18-6-5-13(26(30)31)11-15(16)18/h1-6,11-12H,7-10H2,(H,23,27). The summed E-state index contributed by atoms with van der Waals surface area (Å²) in [6, 6.07) is 10.7. The number of nitrogens with one attached hydrogen (secondary N) is 1. The zero-order valence-electron chi connectivity index (χ0n) is 16.2. The number of pyridine rings is 1. The maximum Gasteiger partial charge on any atom is 0.270 e. The molecular weight excluding hydrogens is 407 g/mol. The van der Waals surface area contributed by atoms with E-state index >= 15 is 0 Å². The largest absolute Gasteiger partial charge is 0.335 e. The predicted molar refractivity (Wildman–Crippen MR) is 109 cm³/mol. The number of carbonyl (C=O) groups excluding carboxylic acids is 2. The number of rotatable bonds is 3. The molecule has 10 heteroatoms. The summed E-state index contributed by atoms with van der Waals surface area (Å²) in [5.41, 5.74) is -0.367. The summed E-state index contributed by atoms with van der Waals surface area (Å²) in [6.07, 6.45) is 0. The van der Waals surface area contributed by atoms with Crippen molar-refractivity contribution in [2.24, 2.45) is 0 Å². The topological polar surface area (TPSA) is 117 Å². The monoisotopic (exact) mass is 424 g/mol. The zero-order chi connectivity index (χ0) is 22.1. The molecule has 1 N–H and O–H groups in total. The summed E-state index contributed by atoms with van der Waals surface area (Å²) in [4.78, 5) is 53.7. The number of H-pyrrole nitrogens is 1. The molecule has 2 heterocycles. The van der Waals surface area contributed by atoms with E-state index in [9.17, 15) is 28.9 Å². The highest BCUT2D eigenvalue weighted by Gasteiger charge is 2.28. The summed E-state index contributed by atoms with van der Waals surface area (Å²) in [6.45, 7) is 0.755. The Bertz CT molecular complexity index is 1260. The lowest BCUT2D eigenvalue weighted by Gasteiger charge is -2.35. The van der Waals surface area contributed by atoms with Crippen molar-refractivity contribution in [3.05, 3.63) is 85.9 Å². The first kappa shape index (κ1) is 20.2. The molecule has 158 valence electrons. The lowest BCUT2D eigenvalue weighted by atomic mass is 10.1. The quantitative estimate of drug-likeness (QED) is 0.511. The average Bonchev–Trinajstić information content (AvgIpc) is 2.77. The smallest absolute Gasteiger partial charge is 0.270 e. The number of aromatic amines is 1. The van der Waals surface area contributed by atoms with E-state index in [0.717, 1.165) is 6.07 Å². The number of hydrogen-bond acceptors (Lipinski definition) is 5. The van der Waals surface area contributed by atoms with Crippen LogP contribution in [0.4, 0.5) is 10.1 Å². The minimum Gasteiger partial charge on any atom is -0.335 e. The SMILES string of the molecule is O=C(c1ccccc1F)N1CCN(C(=O)c2cc(=O)[nH]c3ccc([N+](=O)[O-])cc23)CC1. The van der Waals surface area contributed by atoms with Crippen LogP contribution in [0, 0.1) is 15.9 Å². The second-order valence-electron chi connectivity index (χ2n) is 7.10. The van der Waals surface area contributed by atoms with Crippen LogP contribution in [0.5, 0.6) is 0 Å². The lowest BCUT2D eigenvalue weighted by Crippen LogP contribution is -2.50. The fourth-order valence-electron chi connectivity index (χ4n) is 3.62. The molecule has 3 aromatic rings. The van der Waals surface area contributed by atoms with E-state index in [0.29, 0.717) is 5.52 Å². The Morgan fingerprint density at radius 3 is 2.16 bits per heavy atom. The van der Waals surface area contributed by atoms with Gasteiger partial charge in [-0.05, 0) is 18.2 Å². The van der Waals surface area contributed by atoms with Crippen LogP contribution < -0.4 is 5.56 Å². The average molecular weight is 424 g/mol. The van der Waals surface area contributed by atoms with Crippen molar-refractivity contribution in [1.82, 2.24) is 14.8 Å². The van der Waals surface area contributed by atoms with E-state index in [2.05, 4.69) is 4.98 Å². The van der Waals surface area contributed by atoms with Gasteiger partial charge in [0.2, 0.25) is 5.56 Å². The minimum atomic E-state index is -0.609. The lowest BCUT2D eigenvalue weighted by molar-refractivity contribution is -0.384. The van der Waals surface area contributed by atoms with Crippen LogP contribution in [-0.4, -0.2) is 57.7 Å². The summed E-state index contributed by atoms with van der Waals surface area (Å²) >= 11 is 0. The number of amides is 2. The van der Waals surface area contributed by atoms with Gasteiger partial charge < -0.3 is 14.8 Å². The van der Waals surface area contributed by atoms with Crippen LogP contribution in [0.25, 0.3) is 10.9 Å². The minimum absolute atomic E-state index is 0.0322. The number of nitro benzene ring substituents is 1. The molecule has 0 unspecified atom stereocenters. The van der Waals surface area contributed by atoms with Gasteiger partial charge in [0.25, 0.3) is 17.5 Å². The maximum absolute atomic E-state index is 13.9. The fourth-order valence-corrected chi connectivity index (χ4v) is 3.62. The van der Waals surface area contributed by atoms with Crippen molar-refractivity contribution in [1.29, 1.82) is 0 Å². The Morgan fingerprint density at radius 1 is 0.935 bits per heavy atom. The first-order valence-electron chi connectivity index (χ1n) is 9.49. The molecule has 0 bridgehead atoms. The van der Waals surface area contributed by atoms with E-state index in [1.807, 2.05) is 0 Å². The number of non-ortho nitro benzene ring substituents is 1. The van der Waals surface area contributed by atoms with Gasteiger partial charge in [0.15, 0.2) is 0 Å². The van der Waals surface area contributed by atoms with E-state index in [1.165, 1.54) is 46.2 Å². The number of hydrogen-bond donors (Lipinski definition) is 1. The molecule has 2 aromatic carbocycles. The van der Waals surface area contributed by atoms with Crippen molar-refractivity contribution < 1.29 is 18.9 Å². The third-order valence-corrected chi connectivity index (χ3v) is 5.23. The van der Waals surface area contributed by atoms with Crippen molar-refractivity contribution >= 4 is 28.4 Å². The highest BCUT2D eigenvalue weighted by molar-refractivity contribution is 6.06. The van der Waals surface area contributed by atoms with Gasteiger partial charge >= 0.3 is 0 Å². The first-order valence-corrected chi connectivity index (χ1v) is 9.49. The Balaban J connectivity index is 1.56. The van der Waals surface area contributed by atoms with Crippen molar-refractivity contribution in [2.75, 3.05) is 26.2 Å². The molecule has 0 radical (unpaired) electrons. The van der Waals surface area contributed by atoms with E-state index < -0.39 is 28.1 Å². The Labute approximate surface area is 174 Å². The molecule has 31 heavy (non-hydrogen) atoms. The Kier molecular flexibility index (Phi) is 5.20. The van der Waals surface area contributed by atoms with Crippen LogP contribution in [0.2, 0.25) is 0 Å². The molecule has 0 spiro atoms. The number of carbonyl (C=O) groups is 2. The number of fused-ring (bicyclic) bond motifs is 1. The van der Waals surface area contributed by atoms with Crippen molar-refractivity contribution in [2.45, 2.75) is 0 Å². The van der Waals surface area contributed by atoms with Gasteiger partial charge in [-0.2, -0.15) is 0 Å². The van der Waals surface area contributed by atoms with Crippen LogP contribution >= 0.6 is 0 Å². The van der Waals surface area contributed by atoms with Gasteiger partial charge in [0.05, 0.1) is 16.1 Å². The molecule has 1 saturated heterocycles. The van der Waals surface area contributed by atoms with Crippen LogP contribution in [0.15, 0.2) is 53.3 Å². The molecule has 0 aliphatic carbocycles. The molecule has 1 aromatic heterocycles. The normalized spacial score (nSPS) is 14.0. The van der Waals surface area contributed by atoms with E-state index in [1.54, 1.807) is 6.07 Å². The highest BCUT2D eigenvalue weighted by Crippen LogP contribution is 2.23. The zero-order valence-corrected chi connectivity index (χ0v) is 16.2. The highest BCUT2D eigenvalue weighted by atomic mass is 19.1. The predicted octanol–water partition coefficient (Wildman–Crippen LogP) is 2.17. The molecule has 0 atom stereocenters. The first-order chi connectivity index (χ1) is 14.8. The fraction of sp³-hybridized carbons (Fsp3) is 0.190. The van der Waals surface area contributed by atoms with Gasteiger partial charge in [0, 0.05) is 55.3 Å². The summed E-state index contributed by atoms with van der Waals surface area (Å²) in [5, 5.41) is 11.4. The number of nitro groups is 1. The maximum atomic E-state index is 13.9. The molecule has 1 aliphatic heterocycles. The molecule has 1 aliphatic rings. The van der Waals surface area contributed by atoms with E-state index in [-0.39, 0.29) is 48.4 Å². The number of benzene rings is 2.